The Labute approximate surface area is 99.7 Å². The maximum Gasteiger partial charge on any atom is 0.237 e. The Bertz CT molecular complexity index is 483. The van der Waals surface area contributed by atoms with E-state index in [9.17, 15) is 0 Å². The van der Waals surface area contributed by atoms with Gasteiger partial charge in [-0.25, -0.2) is 15.8 Å². The molecule has 0 amide bonds. The molecule has 0 aromatic carbocycles. The molecule has 3 N–H and O–H groups in total. The molecule has 0 aliphatic heterocycles. The fraction of sp³-hybridized carbons (Fsp3) is 0.111. The van der Waals surface area contributed by atoms with Crippen LogP contribution >= 0.6 is 27.3 Å². The van der Waals surface area contributed by atoms with Crippen molar-refractivity contribution in [2.24, 2.45) is 5.84 Å². The number of anilines is 1. The number of hydrogen-bond donors (Lipinski definition) is 2. The smallest absolute Gasteiger partial charge is 0.237 e. The number of hydrogen-bond acceptors (Lipinski definition) is 5. The van der Waals surface area contributed by atoms with Crippen molar-refractivity contribution >= 4 is 33.2 Å². The Kier molecular flexibility index (Phi) is 2.99. The van der Waals surface area contributed by atoms with Gasteiger partial charge < -0.3 is 0 Å². The molecular weight excluding hydrogens is 276 g/mol. The van der Waals surface area contributed by atoms with Gasteiger partial charge in [-0.1, -0.05) is 0 Å². The average Bonchev–Trinajstić information content (AvgIpc) is 2.64. The first-order valence-electron chi connectivity index (χ1n) is 4.27. The summed E-state index contributed by atoms with van der Waals surface area (Å²) in [7, 11) is 0. The molecule has 0 saturated carbocycles. The third-order valence-corrected chi connectivity index (χ3v) is 3.46. The highest BCUT2D eigenvalue weighted by atomic mass is 79.9. The van der Waals surface area contributed by atoms with Crippen molar-refractivity contribution in [3.8, 4) is 10.6 Å². The van der Waals surface area contributed by atoms with Crippen LogP contribution in [0, 0.1) is 6.92 Å². The fourth-order valence-corrected chi connectivity index (χ4v) is 2.56. The van der Waals surface area contributed by atoms with E-state index in [-0.39, 0.29) is 0 Å². The topological polar surface area (TPSA) is 63.8 Å². The van der Waals surface area contributed by atoms with Gasteiger partial charge in [-0.15, -0.1) is 11.3 Å². The molecule has 78 valence electrons. The van der Waals surface area contributed by atoms with Gasteiger partial charge in [0, 0.05) is 5.69 Å². The predicted molar refractivity (Wildman–Crippen MR) is 65.6 cm³/mol. The molecule has 15 heavy (non-hydrogen) atoms. The molecule has 2 aromatic rings. The number of aromatic nitrogens is 2. The van der Waals surface area contributed by atoms with Gasteiger partial charge in [-0.05, 0) is 41.1 Å². The monoisotopic (exact) mass is 284 g/mol. The van der Waals surface area contributed by atoms with E-state index in [1.54, 1.807) is 11.3 Å². The Morgan fingerprint density at radius 2 is 2.20 bits per heavy atom. The van der Waals surface area contributed by atoms with Crippen LogP contribution in [-0.2, 0) is 0 Å². The minimum absolute atomic E-state index is 0.439. The van der Waals surface area contributed by atoms with Crippen LogP contribution in [0.4, 0.5) is 5.95 Å². The van der Waals surface area contributed by atoms with Gasteiger partial charge in [-0.3, -0.25) is 5.43 Å². The number of thiophene rings is 1. The van der Waals surface area contributed by atoms with Gasteiger partial charge in [0.15, 0.2) is 0 Å². The van der Waals surface area contributed by atoms with E-state index in [4.69, 9.17) is 5.84 Å². The summed E-state index contributed by atoms with van der Waals surface area (Å²) in [6, 6.07) is 5.93. The number of nitrogens with zero attached hydrogens (tertiary/aromatic N) is 2. The van der Waals surface area contributed by atoms with Crippen LogP contribution in [-0.4, -0.2) is 9.97 Å². The van der Waals surface area contributed by atoms with E-state index in [2.05, 4.69) is 31.3 Å². The maximum absolute atomic E-state index is 5.29. The molecule has 0 saturated heterocycles. The number of nitrogens with one attached hydrogen (secondary N) is 1. The summed E-state index contributed by atoms with van der Waals surface area (Å²) < 4.78 is 1.08. The summed E-state index contributed by atoms with van der Waals surface area (Å²) in [6.45, 7) is 1.91. The molecule has 0 aliphatic rings. The molecule has 0 spiro atoms. The largest absolute Gasteiger partial charge is 0.292 e. The van der Waals surface area contributed by atoms with E-state index >= 15 is 0 Å². The van der Waals surface area contributed by atoms with E-state index in [0.29, 0.717) is 5.95 Å². The second kappa shape index (κ2) is 4.26. The van der Waals surface area contributed by atoms with Crippen molar-refractivity contribution in [3.05, 3.63) is 27.7 Å². The molecule has 6 heteroatoms. The zero-order valence-electron chi connectivity index (χ0n) is 7.99. The highest BCUT2D eigenvalue weighted by molar-refractivity contribution is 9.11. The Morgan fingerprint density at radius 3 is 2.80 bits per heavy atom. The van der Waals surface area contributed by atoms with Crippen molar-refractivity contribution in [2.45, 2.75) is 6.92 Å². The number of nitrogens with two attached hydrogens (primary N) is 1. The third-order valence-electron chi connectivity index (χ3n) is 1.81. The Hall–Kier alpha value is -0.980. The van der Waals surface area contributed by atoms with Crippen molar-refractivity contribution in [2.75, 3.05) is 5.43 Å². The zero-order valence-corrected chi connectivity index (χ0v) is 10.4. The van der Waals surface area contributed by atoms with Crippen LogP contribution in [0.15, 0.2) is 22.0 Å². The molecule has 0 unspecified atom stereocenters. The van der Waals surface area contributed by atoms with E-state index in [0.717, 1.165) is 20.1 Å². The van der Waals surface area contributed by atoms with Crippen molar-refractivity contribution < 1.29 is 0 Å². The predicted octanol–water partition coefficient (Wildman–Crippen LogP) is 2.56. The van der Waals surface area contributed by atoms with Gasteiger partial charge >= 0.3 is 0 Å². The van der Waals surface area contributed by atoms with Crippen LogP contribution in [0.5, 0.6) is 0 Å². The third kappa shape index (κ3) is 2.34. The Morgan fingerprint density at radius 1 is 1.40 bits per heavy atom. The normalized spacial score (nSPS) is 10.3. The van der Waals surface area contributed by atoms with Crippen molar-refractivity contribution in [3.63, 3.8) is 0 Å². The number of nitrogen functional groups attached to an aromatic ring is 1. The minimum Gasteiger partial charge on any atom is -0.292 e. The molecular formula is C9H9BrN4S. The summed E-state index contributed by atoms with van der Waals surface area (Å²) in [5, 5.41) is 0. The Balaban J connectivity index is 2.48. The van der Waals surface area contributed by atoms with Gasteiger partial charge in [-0.2, -0.15) is 0 Å². The van der Waals surface area contributed by atoms with Crippen molar-refractivity contribution in [1.82, 2.24) is 9.97 Å². The summed E-state index contributed by atoms with van der Waals surface area (Å²) in [6.07, 6.45) is 0. The molecule has 0 fully saturated rings. The highest BCUT2D eigenvalue weighted by Gasteiger charge is 2.05. The van der Waals surface area contributed by atoms with E-state index in [1.165, 1.54) is 0 Å². The van der Waals surface area contributed by atoms with Crippen LogP contribution in [0.25, 0.3) is 10.6 Å². The second-order valence-electron chi connectivity index (χ2n) is 2.97. The first-order chi connectivity index (χ1) is 7.19. The lowest BCUT2D eigenvalue weighted by atomic mass is 10.3. The molecule has 0 aliphatic carbocycles. The lowest BCUT2D eigenvalue weighted by Gasteiger charge is -2.02. The number of halogens is 1. The maximum atomic E-state index is 5.29. The van der Waals surface area contributed by atoms with Crippen LogP contribution < -0.4 is 11.3 Å². The summed E-state index contributed by atoms with van der Waals surface area (Å²) in [5.41, 5.74) is 4.22. The highest BCUT2D eigenvalue weighted by Crippen LogP contribution is 2.30. The summed E-state index contributed by atoms with van der Waals surface area (Å²) >= 11 is 5.04. The van der Waals surface area contributed by atoms with Gasteiger partial charge in [0.1, 0.15) is 0 Å². The van der Waals surface area contributed by atoms with E-state index < -0.39 is 0 Å². The average molecular weight is 285 g/mol. The standard InChI is InChI=1S/C9H9BrN4S/c1-5-4-6(13-9(12-5)14-11)7-2-3-8(10)15-7/h2-4H,11H2,1H3,(H,12,13,14). The lowest BCUT2D eigenvalue weighted by Crippen LogP contribution is -2.11. The quantitative estimate of drug-likeness (QED) is 0.657. The molecule has 2 heterocycles. The van der Waals surface area contributed by atoms with Crippen LogP contribution in [0.2, 0.25) is 0 Å². The first kappa shape index (κ1) is 10.5. The zero-order chi connectivity index (χ0) is 10.8. The molecule has 2 rings (SSSR count). The van der Waals surface area contributed by atoms with E-state index in [1.807, 2.05) is 25.1 Å². The molecule has 2 aromatic heterocycles. The van der Waals surface area contributed by atoms with Crippen LogP contribution in [0.1, 0.15) is 5.69 Å². The molecule has 4 nitrogen and oxygen atoms in total. The van der Waals surface area contributed by atoms with Crippen molar-refractivity contribution in [1.29, 1.82) is 0 Å². The molecule has 0 bridgehead atoms. The van der Waals surface area contributed by atoms with Gasteiger partial charge in [0.05, 0.1) is 14.4 Å². The number of hydrazine groups is 1. The SMILES string of the molecule is Cc1cc(-c2ccc(Br)s2)nc(NN)n1. The van der Waals surface area contributed by atoms with Gasteiger partial charge in [0.25, 0.3) is 0 Å². The lowest BCUT2D eigenvalue weighted by molar-refractivity contribution is 1.08. The fourth-order valence-electron chi connectivity index (χ4n) is 1.21. The minimum atomic E-state index is 0.439. The summed E-state index contributed by atoms with van der Waals surface area (Å²) in [5.74, 6) is 5.73. The number of rotatable bonds is 2. The summed E-state index contributed by atoms with van der Waals surface area (Å²) in [4.78, 5) is 9.50. The second-order valence-corrected chi connectivity index (χ2v) is 5.43. The molecule has 0 radical (unpaired) electrons. The van der Waals surface area contributed by atoms with Gasteiger partial charge in [0.2, 0.25) is 5.95 Å². The number of aryl methyl sites for hydroxylation is 1. The molecule has 0 atom stereocenters. The first-order valence-corrected chi connectivity index (χ1v) is 5.88. The van der Waals surface area contributed by atoms with Crippen LogP contribution in [0.3, 0.4) is 0 Å².